The lowest BCUT2D eigenvalue weighted by molar-refractivity contribution is -0.117. The van der Waals surface area contributed by atoms with Crippen LogP contribution in [0.25, 0.3) is 0 Å². The van der Waals surface area contributed by atoms with Crippen molar-refractivity contribution in [2.45, 2.75) is 25.4 Å². The van der Waals surface area contributed by atoms with E-state index in [9.17, 15) is 5.11 Å². The number of hydrogen-bond donors (Lipinski definition) is 2. The van der Waals surface area contributed by atoms with E-state index in [2.05, 4.69) is 12.1 Å². The molecule has 3 N–H and O–H groups in total. The molecule has 0 aromatic heterocycles. The van der Waals surface area contributed by atoms with Crippen molar-refractivity contribution < 1.29 is 14.6 Å². The maximum atomic E-state index is 10.2. The zero-order valence-electron chi connectivity index (χ0n) is 11.2. The monoisotopic (exact) mass is 251 g/mol. The highest BCUT2D eigenvalue weighted by molar-refractivity contribution is 5.49. The van der Waals surface area contributed by atoms with Crippen LogP contribution in [0.15, 0.2) is 12.1 Å². The quantitative estimate of drug-likeness (QED) is 0.834. The van der Waals surface area contributed by atoms with Crippen LogP contribution in [0.2, 0.25) is 0 Å². The molecule has 1 heterocycles. The van der Waals surface area contributed by atoms with E-state index in [1.165, 1.54) is 0 Å². The van der Waals surface area contributed by atoms with Crippen molar-refractivity contribution in [3.8, 4) is 5.75 Å². The second-order valence-corrected chi connectivity index (χ2v) is 5.06. The van der Waals surface area contributed by atoms with Crippen LogP contribution in [-0.2, 0) is 10.2 Å². The van der Waals surface area contributed by atoms with Crippen molar-refractivity contribution in [3.05, 3.63) is 28.8 Å². The molecule has 1 atom stereocenters. The van der Waals surface area contributed by atoms with Crippen LogP contribution >= 0.6 is 0 Å². The van der Waals surface area contributed by atoms with Crippen LogP contribution in [0.1, 0.15) is 16.7 Å². The van der Waals surface area contributed by atoms with Gasteiger partial charge in [-0.1, -0.05) is 17.7 Å². The maximum absolute atomic E-state index is 10.2. The van der Waals surface area contributed by atoms with Crippen molar-refractivity contribution in [3.63, 3.8) is 0 Å². The third kappa shape index (κ3) is 1.90. The molecule has 0 spiro atoms. The molecule has 4 nitrogen and oxygen atoms in total. The van der Waals surface area contributed by atoms with Gasteiger partial charge < -0.3 is 20.3 Å². The summed E-state index contributed by atoms with van der Waals surface area (Å²) in [7, 11) is 1.66. The second-order valence-electron chi connectivity index (χ2n) is 5.06. The Balaban J connectivity index is 2.54. The minimum absolute atomic E-state index is 0.222. The fourth-order valence-corrected chi connectivity index (χ4v) is 2.67. The Morgan fingerprint density at radius 2 is 2.11 bits per heavy atom. The molecule has 0 amide bonds. The first kappa shape index (κ1) is 13.3. The van der Waals surface area contributed by atoms with Crippen LogP contribution in [0.5, 0.6) is 5.75 Å². The highest BCUT2D eigenvalue weighted by Gasteiger charge is 2.48. The van der Waals surface area contributed by atoms with E-state index in [1.54, 1.807) is 7.11 Å². The molecule has 1 aromatic carbocycles. The Kier molecular flexibility index (Phi) is 3.61. The number of nitrogens with two attached hydrogens (primary N) is 1. The maximum Gasteiger partial charge on any atom is 0.125 e. The Morgan fingerprint density at radius 1 is 1.44 bits per heavy atom. The smallest absolute Gasteiger partial charge is 0.125 e. The van der Waals surface area contributed by atoms with Crippen LogP contribution < -0.4 is 10.5 Å². The van der Waals surface area contributed by atoms with Gasteiger partial charge in [-0.05, 0) is 19.4 Å². The number of methoxy groups -OCH3 is 1. The van der Waals surface area contributed by atoms with E-state index in [0.717, 1.165) is 22.4 Å². The van der Waals surface area contributed by atoms with Gasteiger partial charge in [0.2, 0.25) is 0 Å². The summed E-state index contributed by atoms with van der Waals surface area (Å²) in [4.78, 5) is 0. The fraction of sp³-hybridized carbons (Fsp3) is 0.571. The summed E-state index contributed by atoms with van der Waals surface area (Å²) in [5.74, 6) is 0.830. The van der Waals surface area contributed by atoms with E-state index < -0.39 is 11.5 Å². The third-order valence-corrected chi connectivity index (χ3v) is 3.74. The standard InChI is InChI=1S/C14H21NO3/c1-9-4-10(2)13(17-3)11(5-9)14(7-18-8-14)12(16)6-15/h4-5,12,16H,6-8,15H2,1-3H3. The summed E-state index contributed by atoms with van der Waals surface area (Å²) in [6.45, 7) is 5.25. The van der Waals surface area contributed by atoms with Gasteiger partial charge in [-0.3, -0.25) is 0 Å². The molecular formula is C14H21NO3. The predicted molar refractivity (Wildman–Crippen MR) is 70.0 cm³/mol. The molecule has 1 saturated heterocycles. The highest BCUT2D eigenvalue weighted by Crippen LogP contribution is 2.42. The van der Waals surface area contributed by atoms with Gasteiger partial charge in [-0.2, -0.15) is 0 Å². The van der Waals surface area contributed by atoms with E-state index in [0.29, 0.717) is 13.2 Å². The molecule has 0 saturated carbocycles. The van der Waals surface area contributed by atoms with E-state index >= 15 is 0 Å². The summed E-state index contributed by atoms with van der Waals surface area (Å²) < 4.78 is 10.8. The van der Waals surface area contributed by atoms with Gasteiger partial charge >= 0.3 is 0 Å². The number of rotatable bonds is 4. The summed E-state index contributed by atoms with van der Waals surface area (Å²) >= 11 is 0. The van der Waals surface area contributed by atoms with Crippen molar-refractivity contribution in [2.75, 3.05) is 26.9 Å². The fourth-order valence-electron chi connectivity index (χ4n) is 2.67. The molecule has 100 valence electrons. The largest absolute Gasteiger partial charge is 0.496 e. The Bertz CT molecular complexity index is 441. The van der Waals surface area contributed by atoms with Crippen LogP contribution in [0, 0.1) is 13.8 Å². The molecule has 0 bridgehead atoms. The van der Waals surface area contributed by atoms with E-state index in [1.807, 2.05) is 13.8 Å². The molecule has 1 aromatic rings. The molecule has 0 aliphatic carbocycles. The summed E-state index contributed by atoms with van der Waals surface area (Å²) in [5.41, 5.74) is 8.44. The van der Waals surface area contributed by atoms with Crippen molar-refractivity contribution in [1.82, 2.24) is 0 Å². The lowest BCUT2D eigenvalue weighted by atomic mass is 9.72. The lowest BCUT2D eigenvalue weighted by Crippen LogP contribution is -2.57. The van der Waals surface area contributed by atoms with Gasteiger partial charge in [-0.15, -0.1) is 0 Å². The first-order valence-electron chi connectivity index (χ1n) is 6.16. The zero-order valence-corrected chi connectivity index (χ0v) is 11.2. The molecule has 1 aliphatic heterocycles. The molecule has 4 heteroatoms. The van der Waals surface area contributed by atoms with Crippen molar-refractivity contribution in [2.24, 2.45) is 5.73 Å². The lowest BCUT2D eigenvalue weighted by Gasteiger charge is -2.45. The predicted octanol–water partition coefficient (Wildman–Crippen LogP) is 0.900. The van der Waals surface area contributed by atoms with Crippen LogP contribution in [0.4, 0.5) is 0 Å². The van der Waals surface area contributed by atoms with E-state index in [-0.39, 0.29) is 6.54 Å². The summed E-state index contributed by atoms with van der Waals surface area (Å²) in [6.07, 6.45) is -0.610. The summed E-state index contributed by atoms with van der Waals surface area (Å²) in [6, 6.07) is 4.14. The van der Waals surface area contributed by atoms with Gasteiger partial charge in [-0.25, -0.2) is 0 Å². The van der Waals surface area contributed by atoms with Crippen LogP contribution in [0.3, 0.4) is 0 Å². The van der Waals surface area contributed by atoms with Gasteiger partial charge in [0.25, 0.3) is 0 Å². The number of benzene rings is 1. The normalized spacial score (nSPS) is 19.2. The molecule has 1 unspecified atom stereocenters. The molecular weight excluding hydrogens is 230 g/mol. The van der Waals surface area contributed by atoms with Gasteiger partial charge in [0, 0.05) is 12.1 Å². The molecule has 1 aliphatic rings. The number of ether oxygens (including phenoxy) is 2. The number of hydrogen-bond acceptors (Lipinski definition) is 4. The van der Waals surface area contributed by atoms with Gasteiger partial charge in [0.1, 0.15) is 5.75 Å². The second kappa shape index (κ2) is 4.88. The van der Waals surface area contributed by atoms with Gasteiger partial charge in [0.15, 0.2) is 0 Å². The first-order valence-corrected chi connectivity index (χ1v) is 6.16. The average Bonchev–Trinajstić information content (AvgIpc) is 2.26. The van der Waals surface area contributed by atoms with Crippen molar-refractivity contribution >= 4 is 0 Å². The topological polar surface area (TPSA) is 64.7 Å². The minimum Gasteiger partial charge on any atom is -0.496 e. The van der Waals surface area contributed by atoms with Crippen LogP contribution in [-0.4, -0.2) is 38.1 Å². The minimum atomic E-state index is -0.610. The Morgan fingerprint density at radius 3 is 2.56 bits per heavy atom. The Hall–Kier alpha value is -1.10. The highest BCUT2D eigenvalue weighted by atomic mass is 16.5. The number of aryl methyl sites for hydroxylation is 2. The number of aliphatic hydroxyl groups excluding tert-OH is 1. The Labute approximate surface area is 108 Å². The molecule has 1 fully saturated rings. The SMILES string of the molecule is COc1c(C)cc(C)cc1C1(C(O)CN)COC1. The summed E-state index contributed by atoms with van der Waals surface area (Å²) in [5, 5.41) is 10.2. The molecule has 2 rings (SSSR count). The van der Waals surface area contributed by atoms with E-state index in [4.69, 9.17) is 15.2 Å². The first-order chi connectivity index (χ1) is 8.55. The molecule has 0 radical (unpaired) electrons. The van der Waals surface area contributed by atoms with Crippen molar-refractivity contribution in [1.29, 1.82) is 0 Å². The van der Waals surface area contributed by atoms with Gasteiger partial charge in [0.05, 0.1) is 31.8 Å². The zero-order chi connectivity index (χ0) is 13.3. The molecule has 18 heavy (non-hydrogen) atoms. The average molecular weight is 251 g/mol. The number of aliphatic hydroxyl groups is 1. The third-order valence-electron chi connectivity index (χ3n) is 3.74.